The summed E-state index contributed by atoms with van der Waals surface area (Å²) in [5, 5.41) is 0. The molecule has 0 aliphatic carbocycles. The first-order valence-corrected chi connectivity index (χ1v) is 13.5. The molecule has 0 bridgehead atoms. The number of aryl methyl sites for hydroxylation is 1. The lowest BCUT2D eigenvalue weighted by molar-refractivity contribution is 0.320. The molecule has 0 spiro atoms. The number of pyridine rings is 1. The zero-order chi connectivity index (χ0) is 24.4. The Hall–Kier alpha value is -3.49. The summed E-state index contributed by atoms with van der Waals surface area (Å²) in [6.07, 6.45) is 9.11. The van der Waals surface area contributed by atoms with Crippen LogP contribution >= 0.6 is 0 Å². The zero-order valence-corrected chi connectivity index (χ0v) is 20.8. The largest absolute Gasteiger partial charge is 0.364 e. The number of aromatic nitrogens is 3. The smallest absolute Gasteiger partial charge is 0.211 e. The highest BCUT2D eigenvalue weighted by Gasteiger charge is 2.33. The molecule has 1 atom stereocenters. The summed E-state index contributed by atoms with van der Waals surface area (Å²) in [6, 6.07) is 20.2. The third kappa shape index (κ3) is 5.13. The predicted octanol–water partition coefficient (Wildman–Crippen LogP) is 3.88. The fourth-order valence-electron chi connectivity index (χ4n) is 4.80. The summed E-state index contributed by atoms with van der Waals surface area (Å²) in [6.45, 7) is 1.52. The maximum absolute atomic E-state index is 13.1. The van der Waals surface area contributed by atoms with Crippen LogP contribution < -0.4 is 4.90 Å². The van der Waals surface area contributed by atoms with Gasteiger partial charge < -0.3 is 9.47 Å². The van der Waals surface area contributed by atoms with Crippen molar-refractivity contribution >= 4 is 15.7 Å². The van der Waals surface area contributed by atoms with Gasteiger partial charge in [0.05, 0.1) is 24.8 Å². The number of hydrogen-bond donors (Lipinski definition) is 0. The second-order valence-electron chi connectivity index (χ2n) is 9.11. The van der Waals surface area contributed by atoms with Gasteiger partial charge in [0, 0.05) is 50.5 Å². The SMILES string of the molecule is Cn1cncc1CN1CC(Cc2cccnc2)N(S(C)(=O)=O)Cc2cc(-c3ccccc3)ccc21. The topological polar surface area (TPSA) is 71.3 Å². The third-order valence-corrected chi connectivity index (χ3v) is 7.86. The molecule has 2 aromatic carbocycles. The molecule has 5 rings (SSSR count). The molecule has 2 aromatic heterocycles. The van der Waals surface area contributed by atoms with E-state index in [9.17, 15) is 8.42 Å². The number of imidazole rings is 1. The Morgan fingerprint density at radius 3 is 2.49 bits per heavy atom. The zero-order valence-electron chi connectivity index (χ0n) is 19.9. The molecule has 8 heteroatoms. The Balaban J connectivity index is 1.60. The molecule has 0 N–H and O–H groups in total. The summed E-state index contributed by atoms with van der Waals surface area (Å²) in [5.41, 5.74) is 6.30. The van der Waals surface area contributed by atoms with Crippen LogP contribution in [-0.2, 0) is 36.6 Å². The van der Waals surface area contributed by atoms with E-state index in [-0.39, 0.29) is 6.04 Å². The monoisotopic (exact) mass is 487 g/mol. The van der Waals surface area contributed by atoms with Crippen molar-refractivity contribution in [1.29, 1.82) is 0 Å². The molecular weight excluding hydrogens is 458 g/mol. The molecule has 0 amide bonds. The number of nitrogens with zero attached hydrogens (tertiary/aromatic N) is 5. The van der Waals surface area contributed by atoms with E-state index in [2.05, 4.69) is 45.2 Å². The summed E-state index contributed by atoms with van der Waals surface area (Å²) < 4.78 is 29.8. The van der Waals surface area contributed by atoms with Crippen molar-refractivity contribution in [3.8, 4) is 11.1 Å². The van der Waals surface area contributed by atoms with E-state index in [0.717, 1.165) is 33.6 Å². The van der Waals surface area contributed by atoms with Gasteiger partial charge in [0.15, 0.2) is 0 Å². The number of sulfonamides is 1. The first kappa shape index (κ1) is 23.3. The van der Waals surface area contributed by atoms with E-state index >= 15 is 0 Å². The molecule has 1 unspecified atom stereocenters. The summed E-state index contributed by atoms with van der Waals surface area (Å²) >= 11 is 0. The maximum atomic E-state index is 13.1. The minimum atomic E-state index is -3.46. The van der Waals surface area contributed by atoms with E-state index < -0.39 is 10.0 Å². The highest BCUT2D eigenvalue weighted by Crippen LogP contribution is 2.34. The predicted molar refractivity (Wildman–Crippen MR) is 138 cm³/mol. The summed E-state index contributed by atoms with van der Waals surface area (Å²) in [4.78, 5) is 10.8. The Bertz CT molecular complexity index is 1400. The van der Waals surface area contributed by atoms with Gasteiger partial charge in [0.1, 0.15) is 0 Å². The lowest BCUT2D eigenvalue weighted by Crippen LogP contribution is -2.45. The molecule has 1 aliphatic heterocycles. The number of benzene rings is 2. The Labute approximate surface area is 206 Å². The Kier molecular flexibility index (Phi) is 6.40. The first-order chi connectivity index (χ1) is 16.9. The van der Waals surface area contributed by atoms with Gasteiger partial charge in [-0.1, -0.05) is 42.5 Å². The average Bonchev–Trinajstić information content (AvgIpc) is 3.18. The highest BCUT2D eigenvalue weighted by molar-refractivity contribution is 7.88. The molecule has 0 saturated carbocycles. The van der Waals surface area contributed by atoms with Crippen molar-refractivity contribution in [2.45, 2.75) is 25.6 Å². The molecule has 3 heterocycles. The Morgan fingerprint density at radius 1 is 0.971 bits per heavy atom. The summed E-state index contributed by atoms with van der Waals surface area (Å²) in [7, 11) is -1.48. The van der Waals surface area contributed by atoms with Crippen LogP contribution in [0.5, 0.6) is 0 Å². The van der Waals surface area contributed by atoms with E-state index in [1.807, 2.05) is 54.3 Å². The first-order valence-electron chi connectivity index (χ1n) is 11.6. The van der Waals surface area contributed by atoms with Crippen molar-refractivity contribution in [1.82, 2.24) is 18.8 Å². The lowest BCUT2D eigenvalue weighted by atomic mass is 10.0. The van der Waals surface area contributed by atoms with Gasteiger partial charge in [-0.25, -0.2) is 13.4 Å². The maximum Gasteiger partial charge on any atom is 0.211 e. The minimum absolute atomic E-state index is 0.241. The number of hydrogen-bond acceptors (Lipinski definition) is 5. The number of fused-ring (bicyclic) bond motifs is 1. The fourth-order valence-corrected chi connectivity index (χ4v) is 5.86. The molecule has 180 valence electrons. The summed E-state index contributed by atoms with van der Waals surface area (Å²) in [5.74, 6) is 0. The second kappa shape index (κ2) is 9.64. The van der Waals surface area contributed by atoms with Gasteiger partial charge >= 0.3 is 0 Å². The molecule has 0 radical (unpaired) electrons. The van der Waals surface area contributed by atoms with Gasteiger partial charge in [-0.2, -0.15) is 4.31 Å². The second-order valence-corrected chi connectivity index (χ2v) is 11.0. The molecule has 1 aliphatic rings. The van der Waals surface area contributed by atoms with Crippen LogP contribution in [0, 0.1) is 0 Å². The van der Waals surface area contributed by atoms with Crippen molar-refractivity contribution in [2.24, 2.45) is 7.05 Å². The normalized spacial score (nSPS) is 16.6. The fraction of sp³-hybridized carbons (Fsp3) is 0.259. The number of rotatable bonds is 6. The van der Waals surface area contributed by atoms with Crippen LogP contribution in [0.25, 0.3) is 11.1 Å². The van der Waals surface area contributed by atoms with E-state index in [1.54, 1.807) is 16.8 Å². The molecule has 0 fully saturated rings. The van der Waals surface area contributed by atoms with Crippen LogP contribution in [-0.4, -0.2) is 46.1 Å². The van der Waals surface area contributed by atoms with Crippen LogP contribution in [0.4, 0.5) is 5.69 Å². The molecule has 7 nitrogen and oxygen atoms in total. The molecule has 4 aromatic rings. The van der Waals surface area contributed by atoms with Gasteiger partial charge in [-0.15, -0.1) is 0 Å². The lowest BCUT2D eigenvalue weighted by Gasteiger charge is -2.31. The standard InChI is InChI=1S/C27H29N5O2S/c1-30-20-29-16-26(30)19-31-18-25(13-21-7-6-12-28-15-21)32(35(2,33)34)17-24-14-23(10-11-27(24)31)22-8-4-3-5-9-22/h3-12,14-16,20,25H,13,17-19H2,1-2H3. The van der Waals surface area contributed by atoms with Crippen LogP contribution in [0.1, 0.15) is 16.8 Å². The van der Waals surface area contributed by atoms with Crippen molar-refractivity contribution in [3.63, 3.8) is 0 Å². The van der Waals surface area contributed by atoms with Crippen molar-refractivity contribution < 1.29 is 8.42 Å². The molecular formula is C27H29N5O2S. The van der Waals surface area contributed by atoms with E-state index in [4.69, 9.17) is 0 Å². The van der Waals surface area contributed by atoms with E-state index in [1.165, 1.54) is 6.26 Å². The van der Waals surface area contributed by atoms with Gasteiger partial charge in [-0.3, -0.25) is 4.98 Å². The molecule has 35 heavy (non-hydrogen) atoms. The van der Waals surface area contributed by atoms with Crippen LogP contribution in [0.15, 0.2) is 85.6 Å². The van der Waals surface area contributed by atoms with Crippen LogP contribution in [0.2, 0.25) is 0 Å². The van der Waals surface area contributed by atoms with Crippen molar-refractivity contribution in [2.75, 3.05) is 17.7 Å². The van der Waals surface area contributed by atoms with Gasteiger partial charge in [0.2, 0.25) is 10.0 Å². The van der Waals surface area contributed by atoms with Gasteiger partial charge in [-0.05, 0) is 46.9 Å². The quantitative estimate of drug-likeness (QED) is 0.413. The minimum Gasteiger partial charge on any atom is -0.364 e. The number of anilines is 1. The van der Waals surface area contributed by atoms with E-state index in [0.29, 0.717) is 26.1 Å². The Morgan fingerprint density at radius 2 is 1.80 bits per heavy atom. The van der Waals surface area contributed by atoms with Crippen LogP contribution in [0.3, 0.4) is 0 Å². The third-order valence-electron chi connectivity index (χ3n) is 6.58. The highest BCUT2D eigenvalue weighted by atomic mass is 32.2. The van der Waals surface area contributed by atoms with Gasteiger partial charge in [0.25, 0.3) is 0 Å². The average molecular weight is 488 g/mol. The van der Waals surface area contributed by atoms with Crippen molar-refractivity contribution in [3.05, 3.63) is 102 Å². The molecule has 0 saturated heterocycles.